The molecule has 2 rings (SSSR count). The molecule has 0 unspecified atom stereocenters. The first-order valence-corrected chi connectivity index (χ1v) is 4.28. The fourth-order valence-electron chi connectivity index (χ4n) is 1.65. The number of fused-ring (bicyclic) bond motifs is 1. The summed E-state index contributed by atoms with van der Waals surface area (Å²) in [5, 5.41) is 9.12. The Morgan fingerprint density at radius 2 is 2.38 bits per heavy atom. The summed E-state index contributed by atoms with van der Waals surface area (Å²) < 4.78 is 0. The molecule has 0 bridgehead atoms. The molecule has 0 fully saturated rings. The van der Waals surface area contributed by atoms with Crippen LogP contribution in [-0.2, 0) is 6.61 Å². The molecule has 1 aliphatic heterocycles. The van der Waals surface area contributed by atoms with Crippen LogP contribution in [0, 0.1) is 0 Å². The van der Waals surface area contributed by atoms with Crippen molar-refractivity contribution in [3.63, 3.8) is 0 Å². The Labute approximate surface area is 77.3 Å². The number of aliphatic hydroxyl groups excluding tert-OH is 1. The van der Waals surface area contributed by atoms with Crippen LogP contribution in [0.1, 0.15) is 11.1 Å². The zero-order chi connectivity index (χ0) is 9.26. The normalized spacial score (nSPS) is 14.5. The maximum absolute atomic E-state index is 9.12. The summed E-state index contributed by atoms with van der Waals surface area (Å²) in [5.74, 6) is 0. The third-order valence-corrected chi connectivity index (χ3v) is 2.25. The van der Waals surface area contributed by atoms with Gasteiger partial charge in [0, 0.05) is 37.1 Å². The Morgan fingerprint density at radius 1 is 1.54 bits per heavy atom. The number of pyridine rings is 1. The summed E-state index contributed by atoms with van der Waals surface area (Å²) in [6.45, 7) is 0.943. The van der Waals surface area contributed by atoms with Gasteiger partial charge >= 0.3 is 0 Å². The maximum Gasteiger partial charge on any atom is 0.0717 e. The van der Waals surface area contributed by atoms with E-state index in [4.69, 9.17) is 5.11 Å². The lowest BCUT2D eigenvalue weighted by Gasteiger charge is -2.25. The highest BCUT2D eigenvalue weighted by atomic mass is 16.3. The minimum Gasteiger partial charge on any atom is -0.392 e. The maximum atomic E-state index is 9.12. The molecular formula is C10H12N2O. The van der Waals surface area contributed by atoms with Crippen molar-refractivity contribution in [2.75, 3.05) is 18.5 Å². The van der Waals surface area contributed by atoms with Crippen LogP contribution >= 0.6 is 0 Å². The summed E-state index contributed by atoms with van der Waals surface area (Å²) >= 11 is 0. The molecule has 0 aromatic carbocycles. The molecule has 0 saturated heterocycles. The number of aliphatic hydroxyl groups is 1. The van der Waals surface area contributed by atoms with E-state index in [0.717, 1.165) is 23.4 Å². The second kappa shape index (κ2) is 3.18. The lowest BCUT2D eigenvalue weighted by atomic mass is 10.1. The SMILES string of the molecule is CN1CC=Cc2cncc(CO)c21. The van der Waals surface area contributed by atoms with E-state index in [1.165, 1.54) is 0 Å². The topological polar surface area (TPSA) is 36.4 Å². The average Bonchev–Trinajstić information content (AvgIpc) is 2.17. The quantitative estimate of drug-likeness (QED) is 0.694. The second-order valence-electron chi connectivity index (χ2n) is 3.18. The highest BCUT2D eigenvalue weighted by molar-refractivity contribution is 5.72. The zero-order valence-corrected chi connectivity index (χ0v) is 7.57. The Hall–Kier alpha value is -1.35. The number of hydrogen-bond donors (Lipinski definition) is 1. The van der Waals surface area contributed by atoms with Gasteiger partial charge in [0.2, 0.25) is 0 Å². The van der Waals surface area contributed by atoms with Crippen LogP contribution in [0.3, 0.4) is 0 Å². The predicted octanol–water partition coefficient (Wildman–Crippen LogP) is 1.04. The van der Waals surface area contributed by atoms with Gasteiger partial charge in [0.05, 0.1) is 12.3 Å². The van der Waals surface area contributed by atoms with E-state index >= 15 is 0 Å². The minimum atomic E-state index is 0.0500. The first-order chi connectivity index (χ1) is 6.33. The first-order valence-electron chi connectivity index (χ1n) is 4.28. The molecule has 0 spiro atoms. The Bertz CT molecular complexity index is 347. The number of rotatable bonds is 1. The van der Waals surface area contributed by atoms with E-state index in [1.807, 2.05) is 19.3 Å². The molecule has 0 amide bonds. The monoisotopic (exact) mass is 176 g/mol. The van der Waals surface area contributed by atoms with Gasteiger partial charge in [0.1, 0.15) is 0 Å². The van der Waals surface area contributed by atoms with Crippen LogP contribution in [0.2, 0.25) is 0 Å². The van der Waals surface area contributed by atoms with Gasteiger partial charge in [0.25, 0.3) is 0 Å². The van der Waals surface area contributed by atoms with Crippen LogP contribution < -0.4 is 4.90 Å². The van der Waals surface area contributed by atoms with Crippen molar-refractivity contribution >= 4 is 11.8 Å². The molecule has 0 atom stereocenters. The smallest absolute Gasteiger partial charge is 0.0717 e. The molecule has 1 N–H and O–H groups in total. The molecule has 1 aromatic rings. The third-order valence-electron chi connectivity index (χ3n) is 2.25. The molecule has 3 heteroatoms. The molecular weight excluding hydrogens is 164 g/mol. The van der Waals surface area contributed by atoms with Crippen molar-refractivity contribution in [3.8, 4) is 0 Å². The van der Waals surface area contributed by atoms with Gasteiger partial charge in [-0.1, -0.05) is 12.2 Å². The van der Waals surface area contributed by atoms with Gasteiger partial charge in [-0.15, -0.1) is 0 Å². The van der Waals surface area contributed by atoms with Crippen molar-refractivity contribution < 1.29 is 5.11 Å². The van der Waals surface area contributed by atoms with E-state index in [0.29, 0.717) is 0 Å². The number of aromatic nitrogens is 1. The summed E-state index contributed by atoms with van der Waals surface area (Å²) in [6.07, 6.45) is 7.67. The standard InChI is InChI=1S/C10H12N2O/c1-12-4-2-3-8-5-11-6-9(7-13)10(8)12/h2-3,5-6,13H,4,7H2,1H3. The van der Waals surface area contributed by atoms with E-state index in [2.05, 4.69) is 16.0 Å². The van der Waals surface area contributed by atoms with Crippen molar-refractivity contribution in [1.82, 2.24) is 4.98 Å². The lowest BCUT2D eigenvalue weighted by molar-refractivity contribution is 0.281. The van der Waals surface area contributed by atoms with E-state index < -0.39 is 0 Å². The molecule has 0 saturated carbocycles. The summed E-state index contributed by atoms with van der Waals surface area (Å²) in [5.41, 5.74) is 3.07. The molecule has 0 aliphatic carbocycles. The van der Waals surface area contributed by atoms with Crippen LogP contribution in [0.15, 0.2) is 18.5 Å². The number of hydrogen-bond acceptors (Lipinski definition) is 3. The Kier molecular flexibility index (Phi) is 2.02. The highest BCUT2D eigenvalue weighted by Crippen LogP contribution is 2.27. The van der Waals surface area contributed by atoms with Gasteiger partial charge in [-0.05, 0) is 0 Å². The Morgan fingerprint density at radius 3 is 3.15 bits per heavy atom. The van der Waals surface area contributed by atoms with E-state index in [-0.39, 0.29) is 6.61 Å². The molecule has 3 nitrogen and oxygen atoms in total. The van der Waals surface area contributed by atoms with Gasteiger partial charge < -0.3 is 10.0 Å². The molecule has 13 heavy (non-hydrogen) atoms. The van der Waals surface area contributed by atoms with Crippen molar-refractivity contribution in [2.45, 2.75) is 6.61 Å². The zero-order valence-electron chi connectivity index (χ0n) is 7.57. The van der Waals surface area contributed by atoms with Crippen LogP contribution in [0.5, 0.6) is 0 Å². The molecule has 68 valence electrons. The lowest BCUT2D eigenvalue weighted by Crippen LogP contribution is -2.22. The van der Waals surface area contributed by atoms with Crippen molar-refractivity contribution in [2.24, 2.45) is 0 Å². The predicted molar refractivity (Wildman–Crippen MR) is 52.5 cm³/mol. The second-order valence-corrected chi connectivity index (χ2v) is 3.18. The number of nitrogens with zero attached hydrogens (tertiary/aromatic N) is 2. The van der Waals surface area contributed by atoms with Gasteiger partial charge in [-0.25, -0.2) is 0 Å². The van der Waals surface area contributed by atoms with E-state index in [9.17, 15) is 0 Å². The first kappa shape index (κ1) is 8.26. The Balaban J connectivity index is 2.58. The fraction of sp³-hybridized carbons (Fsp3) is 0.300. The molecule has 1 aromatic heterocycles. The van der Waals surface area contributed by atoms with Crippen LogP contribution in [-0.4, -0.2) is 23.7 Å². The fourth-order valence-corrected chi connectivity index (χ4v) is 1.65. The van der Waals surface area contributed by atoms with Gasteiger partial charge in [-0.2, -0.15) is 0 Å². The summed E-state index contributed by atoms with van der Waals surface area (Å²) in [4.78, 5) is 6.18. The van der Waals surface area contributed by atoms with E-state index in [1.54, 1.807) is 6.20 Å². The third kappa shape index (κ3) is 1.31. The molecule has 1 aliphatic rings. The molecule has 2 heterocycles. The van der Waals surface area contributed by atoms with Crippen LogP contribution in [0.4, 0.5) is 5.69 Å². The van der Waals surface area contributed by atoms with Crippen LogP contribution in [0.25, 0.3) is 6.08 Å². The van der Waals surface area contributed by atoms with Gasteiger partial charge in [-0.3, -0.25) is 4.98 Å². The number of anilines is 1. The minimum absolute atomic E-state index is 0.0500. The van der Waals surface area contributed by atoms with Crippen molar-refractivity contribution in [3.05, 3.63) is 29.6 Å². The van der Waals surface area contributed by atoms with Gasteiger partial charge in [0.15, 0.2) is 0 Å². The summed E-state index contributed by atoms with van der Waals surface area (Å²) in [7, 11) is 2.02. The summed E-state index contributed by atoms with van der Waals surface area (Å²) in [6, 6.07) is 0. The largest absolute Gasteiger partial charge is 0.392 e. The molecule has 0 radical (unpaired) electrons. The van der Waals surface area contributed by atoms with Crippen molar-refractivity contribution in [1.29, 1.82) is 0 Å². The highest BCUT2D eigenvalue weighted by Gasteiger charge is 2.13. The average molecular weight is 176 g/mol. The number of likely N-dealkylation sites (N-methyl/N-ethyl adjacent to an activating group) is 1.